The van der Waals surface area contributed by atoms with Gasteiger partial charge in [-0.05, 0) is 6.42 Å². The fourth-order valence-electron chi connectivity index (χ4n) is 3.34. The van der Waals surface area contributed by atoms with Crippen molar-refractivity contribution in [2.45, 2.75) is 43.4 Å². The molecule has 0 spiro atoms. The van der Waals surface area contributed by atoms with Crippen LogP contribution < -0.4 is 0 Å². The van der Waals surface area contributed by atoms with E-state index in [1.807, 2.05) is 0 Å². The second-order valence-corrected chi connectivity index (χ2v) is 6.26. The molecular weight excluding hydrogens is 336 g/mol. The fourth-order valence-corrected chi connectivity index (χ4v) is 3.34. The zero-order valence-corrected chi connectivity index (χ0v) is 13.4. The van der Waals surface area contributed by atoms with Crippen LogP contribution in [0.1, 0.15) is 6.42 Å². The number of fused-ring (bicyclic) bond motifs is 1. The monoisotopic (exact) mass is 358 g/mol. The van der Waals surface area contributed by atoms with Gasteiger partial charge in [0.2, 0.25) is 6.29 Å². The Hall–Kier alpha value is -1.49. The van der Waals surface area contributed by atoms with Gasteiger partial charge in [0, 0.05) is 11.8 Å². The molecular formula is C16H22O9. The maximum absolute atomic E-state index is 11.8. The predicted molar refractivity (Wildman–Crippen MR) is 80.6 cm³/mol. The highest BCUT2D eigenvalue weighted by atomic mass is 16.8. The molecule has 0 amide bonds. The second-order valence-electron chi connectivity index (χ2n) is 6.26. The second kappa shape index (κ2) is 7.40. The molecule has 2 fully saturated rings. The molecule has 3 aliphatic rings. The Bertz CT molecular complexity index is 546. The maximum atomic E-state index is 11.8. The smallest absolute Gasteiger partial charge is 0.337 e. The number of hydrogen-bond acceptors (Lipinski definition) is 9. The van der Waals surface area contributed by atoms with Crippen molar-refractivity contribution in [2.24, 2.45) is 11.8 Å². The third kappa shape index (κ3) is 3.31. The molecule has 2 saturated heterocycles. The minimum atomic E-state index is -1.54. The first-order valence-electron chi connectivity index (χ1n) is 8.09. The standard InChI is InChI=1S/C16H22O9/c1-2-7-8-3-4-22-14(21)9(8)6-23-15(7)25-16-13(20)12(19)11(18)10(5-17)24-16/h2,6-8,10-13,15-20H,1,3-5H2/t7-,8+,10-,11-,12-,13-,15+,16+/m1/s1. The number of carbonyl (C=O) groups excluding carboxylic acids is 1. The van der Waals surface area contributed by atoms with E-state index >= 15 is 0 Å². The van der Waals surface area contributed by atoms with Gasteiger partial charge in [0.1, 0.15) is 24.4 Å². The highest BCUT2D eigenvalue weighted by molar-refractivity contribution is 5.89. The van der Waals surface area contributed by atoms with E-state index in [4.69, 9.17) is 18.9 Å². The zero-order valence-electron chi connectivity index (χ0n) is 13.4. The van der Waals surface area contributed by atoms with E-state index < -0.39 is 55.5 Å². The van der Waals surface area contributed by atoms with Crippen LogP contribution in [0.25, 0.3) is 0 Å². The SMILES string of the molecule is C=C[C@H]1[C@H](O[C@@H]2O[C@H](CO)[C@@H](O)[C@@H](O)[C@H]2O)OC=C2C(=O)OCC[C@H]21. The van der Waals surface area contributed by atoms with Gasteiger partial charge in [0.25, 0.3) is 0 Å². The molecule has 4 N–H and O–H groups in total. The Kier molecular flexibility index (Phi) is 5.42. The molecule has 3 aliphatic heterocycles. The van der Waals surface area contributed by atoms with Crippen molar-refractivity contribution in [2.75, 3.05) is 13.2 Å². The number of cyclic esters (lactones) is 1. The first-order chi connectivity index (χ1) is 12.0. The Balaban J connectivity index is 1.75. The minimum absolute atomic E-state index is 0.206. The van der Waals surface area contributed by atoms with E-state index in [0.717, 1.165) is 0 Å². The molecule has 0 aromatic carbocycles. The molecule has 9 heteroatoms. The van der Waals surface area contributed by atoms with Gasteiger partial charge in [0.15, 0.2) is 6.29 Å². The molecule has 3 heterocycles. The van der Waals surface area contributed by atoms with E-state index in [1.165, 1.54) is 6.26 Å². The van der Waals surface area contributed by atoms with Gasteiger partial charge in [-0.2, -0.15) is 0 Å². The number of carbonyl (C=O) groups is 1. The molecule has 9 nitrogen and oxygen atoms in total. The van der Waals surface area contributed by atoms with Crippen LogP contribution in [0.4, 0.5) is 0 Å². The van der Waals surface area contributed by atoms with Gasteiger partial charge in [-0.15, -0.1) is 6.58 Å². The lowest BCUT2D eigenvalue weighted by molar-refractivity contribution is -0.339. The Morgan fingerprint density at radius 1 is 1.24 bits per heavy atom. The fraction of sp³-hybridized carbons (Fsp3) is 0.688. The predicted octanol–water partition coefficient (Wildman–Crippen LogP) is -1.59. The Morgan fingerprint density at radius 3 is 2.68 bits per heavy atom. The van der Waals surface area contributed by atoms with E-state index in [-0.39, 0.29) is 12.5 Å². The largest absolute Gasteiger partial charge is 0.471 e. The first-order valence-corrected chi connectivity index (χ1v) is 8.09. The lowest BCUT2D eigenvalue weighted by Gasteiger charge is -2.43. The van der Waals surface area contributed by atoms with Gasteiger partial charge >= 0.3 is 5.97 Å². The average Bonchev–Trinajstić information content (AvgIpc) is 2.62. The van der Waals surface area contributed by atoms with E-state index in [0.29, 0.717) is 12.0 Å². The summed E-state index contributed by atoms with van der Waals surface area (Å²) in [5.74, 6) is -1.06. The van der Waals surface area contributed by atoms with Gasteiger partial charge in [0.05, 0.1) is 25.0 Å². The summed E-state index contributed by atoms with van der Waals surface area (Å²) in [6.07, 6.45) is -4.44. The number of aliphatic hydroxyl groups is 4. The van der Waals surface area contributed by atoms with Crippen LogP contribution in [0.2, 0.25) is 0 Å². The van der Waals surface area contributed by atoms with Crippen molar-refractivity contribution in [3.05, 3.63) is 24.5 Å². The molecule has 0 bridgehead atoms. The molecule has 0 aromatic rings. The van der Waals surface area contributed by atoms with Gasteiger partial charge < -0.3 is 39.4 Å². The van der Waals surface area contributed by atoms with Crippen LogP contribution in [0.5, 0.6) is 0 Å². The third-order valence-corrected chi connectivity index (χ3v) is 4.79. The van der Waals surface area contributed by atoms with Crippen molar-refractivity contribution in [1.29, 1.82) is 0 Å². The molecule has 3 rings (SSSR count). The van der Waals surface area contributed by atoms with Gasteiger partial charge in [-0.1, -0.05) is 6.08 Å². The van der Waals surface area contributed by atoms with E-state index in [2.05, 4.69) is 6.58 Å². The number of ether oxygens (including phenoxy) is 4. The third-order valence-electron chi connectivity index (χ3n) is 4.79. The molecule has 0 unspecified atom stereocenters. The molecule has 25 heavy (non-hydrogen) atoms. The zero-order chi connectivity index (χ0) is 18.1. The van der Waals surface area contributed by atoms with Crippen molar-refractivity contribution >= 4 is 5.97 Å². The normalized spacial score (nSPS) is 44.2. The lowest BCUT2D eigenvalue weighted by Crippen LogP contribution is -2.60. The van der Waals surface area contributed by atoms with Crippen LogP contribution in [0, 0.1) is 11.8 Å². The van der Waals surface area contributed by atoms with E-state index in [9.17, 15) is 25.2 Å². The number of aliphatic hydroxyl groups excluding tert-OH is 4. The summed E-state index contributed by atoms with van der Waals surface area (Å²) in [7, 11) is 0. The summed E-state index contributed by atoms with van der Waals surface area (Å²) in [6.45, 7) is 3.47. The topological polar surface area (TPSA) is 135 Å². The van der Waals surface area contributed by atoms with Crippen molar-refractivity contribution in [1.82, 2.24) is 0 Å². The highest BCUT2D eigenvalue weighted by Crippen LogP contribution is 2.38. The van der Waals surface area contributed by atoms with Crippen LogP contribution in [0.15, 0.2) is 24.5 Å². The molecule has 0 saturated carbocycles. The molecule has 0 radical (unpaired) electrons. The number of hydrogen-bond donors (Lipinski definition) is 4. The quantitative estimate of drug-likeness (QED) is 0.346. The molecule has 140 valence electrons. The summed E-state index contributed by atoms with van der Waals surface area (Å²) in [4.78, 5) is 11.8. The number of rotatable bonds is 4. The summed E-state index contributed by atoms with van der Waals surface area (Å²) in [5.41, 5.74) is 0.393. The minimum Gasteiger partial charge on any atom is -0.471 e. The van der Waals surface area contributed by atoms with Crippen molar-refractivity contribution in [3.8, 4) is 0 Å². The van der Waals surface area contributed by atoms with E-state index in [1.54, 1.807) is 6.08 Å². The summed E-state index contributed by atoms with van der Waals surface area (Å²) >= 11 is 0. The maximum Gasteiger partial charge on any atom is 0.337 e. The lowest BCUT2D eigenvalue weighted by atomic mass is 9.81. The Labute approximate surface area is 144 Å². The highest BCUT2D eigenvalue weighted by Gasteiger charge is 2.48. The van der Waals surface area contributed by atoms with Crippen LogP contribution in [0.3, 0.4) is 0 Å². The summed E-state index contributed by atoms with van der Waals surface area (Å²) in [6, 6.07) is 0. The molecule has 0 aromatic heterocycles. The van der Waals surface area contributed by atoms with Crippen LogP contribution >= 0.6 is 0 Å². The average molecular weight is 358 g/mol. The summed E-state index contributed by atoms with van der Waals surface area (Å²) < 4.78 is 21.4. The van der Waals surface area contributed by atoms with Crippen molar-refractivity contribution < 1.29 is 44.2 Å². The van der Waals surface area contributed by atoms with Gasteiger partial charge in [-0.25, -0.2) is 4.79 Å². The Morgan fingerprint density at radius 2 is 2.00 bits per heavy atom. The van der Waals surface area contributed by atoms with Crippen molar-refractivity contribution in [3.63, 3.8) is 0 Å². The van der Waals surface area contributed by atoms with Crippen LogP contribution in [-0.2, 0) is 23.7 Å². The van der Waals surface area contributed by atoms with Crippen LogP contribution in [-0.4, -0.2) is 76.6 Å². The summed E-state index contributed by atoms with van der Waals surface area (Å²) in [5, 5.41) is 38.9. The number of esters is 1. The van der Waals surface area contributed by atoms with Gasteiger partial charge in [-0.3, -0.25) is 0 Å². The molecule has 8 atom stereocenters. The molecule has 0 aliphatic carbocycles. The first kappa shape index (κ1) is 18.3.